The predicted molar refractivity (Wildman–Crippen MR) is 90.3 cm³/mol. The number of carbonyl (C=O) groups excluding carboxylic acids is 1. The van der Waals surface area contributed by atoms with Crippen molar-refractivity contribution in [1.29, 1.82) is 0 Å². The van der Waals surface area contributed by atoms with E-state index in [1.165, 1.54) is 6.07 Å². The highest BCUT2D eigenvalue weighted by molar-refractivity contribution is 9.15. The second-order valence-electron chi connectivity index (χ2n) is 5.34. The van der Waals surface area contributed by atoms with E-state index in [0.29, 0.717) is 18.5 Å². The first-order valence-corrected chi connectivity index (χ1v) is 7.86. The summed E-state index contributed by atoms with van der Waals surface area (Å²) in [5.74, 6) is -0.241. The van der Waals surface area contributed by atoms with Crippen LogP contribution in [0.2, 0.25) is 0 Å². The average Bonchev–Trinajstić information content (AvgIpc) is 2.63. The number of rotatable bonds is 2. The smallest absolute Gasteiger partial charge is 0.231 e. The van der Waals surface area contributed by atoms with Gasteiger partial charge in [-0.15, -0.1) is 0 Å². The van der Waals surface area contributed by atoms with Crippen LogP contribution in [0, 0.1) is 12.7 Å². The molecule has 2 nitrogen and oxygen atoms in total. The van der Waals surface area contributed by atoms with Gasteiger partial charge in [0.1, 0.15) is 5.82 Å². The topological polar surface area (TPSA) is 20.3 Å². The van der Waals surface area contributed by atoms with Gasteiger partial charge >= 0.3 is 0 Å². The van der Waals surface area contributed by atoms with Crippen molar-refractivity contribution in [2.45, 2.75) is 19.9 Å². The lowest BCUT2D eigenvalue weighted by Gasteiger charge is -2.23. The van der Waals surface area contributed by atoms with E-state index in [0.717, 1.165) is 21.3 Å². The number of nitrogens with zero attached hydrogens (tertiary/aromatic N) is 1. The van der Waals surface area contributed by atoms with E-state index in [-0.39, 0.29) is 11.7 Å². The summed E-state index contributed by atoms with van der Waals surface area (Å²) in [6.07, 6.45) is 2.19. The van der Waals surface area contributed by atoms with E-state index < -0.39 is 0 Å². The minimum Gasteiger partial charge on any atom is -0.307 e. The third-order valence-electron chi connectivity index (χ3n) is 3.79. The van der Waals surface area contributed by atoms with Crippen molar-refractivity contribution in [2.24, 2.45) is 0 Å². The highest BCUT2D eigenvalue weighted by atomic mass is 79.9. The lowest BCUT2D eigenvalue weighted by Crippen LogP contribution is -2.29. The molecule has 4 heteroatoms. The fraction of sp³-hybridized carbons (Fsp3) is 0.167. The molecule has 0 aliphatic carbocycles. The third-order valence-corrected chi connectivity index (χ3v) is 4.54. The summed E-state index contributed by atoms with van der Waals surface area (Å²) in [4.78, 5) is 14.2. The number of aryl methyl sites for hydroxylation is 1. The quantitative estimate of drug-likeness (QED) is 0.753. The molecule has 0 spiro atoms. The number of benzene rings is 2. The normalized spacial score (nSPS) is 14.4. The Morgan fingerprint density at radius 3 is 2.77 bits per heavy atom. The first-order chi connectivity index (χ1) is 10.6. The Kier molecular flexibility index (Phi) is 4.12. The first-order valence-electron chi connectivity index (χ1n) is 7.06. The van der Waals surface area contributed by atoms with Crippen molar-refractivity contribution in [1.82, 2.24) is 0 Å². The number of halogens is 2. The molecule has 0 bridgehead atoms. The largest absolute Gasteiger partial charge is 0.307 e. The Morgan fingerprint density at radius 1 is 1.23 bits per heavy atom. The standard InChI is InChI=1S/C18H15BrFNO/c1-12-6-7-13(10-16(12)20)11-21-17-5-3-2-4-14(17)15(19)8-9-18(21)22/h2-8,10H,9,11H2,1H3. The maximum Gasteiger partial charge on any atom is 0.231 e. The van der Waals surface area contributed by atoms with Crippen molar-refractivity contribution < 1.29 is 9.18 Å². The average molecular weight is 360 g/mol. The number of fused-ring (bicyclic) bond motifs is 1. The molecular formula is C18H15BrFNO. The fourth-order valence-electron chi connectivity index (χ4n) is 2.53. The second kappa shape index (κ2) is 6.05. The van der Waals surface area contributed by atoms with Crippen LogP contribution < -0.4 is 4.90 Å². The SMILES string of the molecule is Cc1ccc(CN2C(=O)CC=C(Br)c3ccccc32)cc1F. The second-order valence-corrected chi connectivity index (χ2v) is 6.19. The summed E-state index contributed by atoms with van der Waals surface area (Å²) >= 11 is 3.52. The molecule has 0 N–H and O–H groups in total. The van der Waals surface area contributed by atoms with Crippen molar-refractivity contribution in [3.8, 4) is 0 Å². The summed E-state index contributed by atoms with van der Waals surface area (Å²) in [7, 11) is 0. The highest BCUT2D eigenvalue weighted by Crippen LogP contribution is 2.35. The molecule has 0 fully saturated rings. The molecule has 1 aliphatic heterocycles. The molecule has 2 aromatic carbocycles. The third kappa shape index (κ3) is 2.83. The van der Waals surface area contributed by atoms with Gasteiger partial charge < -0.3 is 4.90 Å². The zero-order chi connectivity index (χ0) is 15.7. The van der Waals surface area contributed by atoms with Crippen molar-refractivity contribution in [2.75, 3.05) is 4.90 Å². The summed E-state index contributed by atoms with van der Waals surface area (Å²) in [5.41, 5.74) is 3.20. The Bertz CT molecular complexity index is 769. The molecule has 112 valence electrons. The summed E-state index contributed by atoms with van der Waals surface area (Å²) in [5, 5.41) is 0. The van der Waals surface area contributed by atoms with Crippen LogP contribution in [0.5, 0.6) is 0 Å². The summed E-state index contributed by atoms with van der Waals surface area (Å²) in [6, 6.07) is 12.8. The van der Waals surface area contributed by atoms with Gasteiger partial charge in [0.2, 0.25) is 5.91 Å². The predicted octanol–water partition coefficient (Wildman–Crippen LogP) is 4.81. The molecule has 0 saturated carbocycles. The number of anilines is 1. The number of hydrogen-bond donors (Lipinski definition) is 0. The zero-order valence-corrected chi connectivity index (χ0v) is 13.7. The fourth-order valence-corrected chi connectivity index (χ4v) is 3.03. The van der Waals surface area contributed by atoms with E-state index >= 15 is 0 Å². The molecule has 1 aliphatic rings. The number of hydrogen-bond acceptors (Lipinski definition) is 1. The van der Waals surface area contributed by atoms with Gasteiger partial charge in [0, 0.05) is 16.5 Å². The van der Waals surface area contributed by atoms with Crippen LogP contribution in [0.1, 0.15) is 23.1 Å². The van der Waals surface area contributed by atoms with Crippen LogP contribution in [0.25, 0.3) is 4.48 Å². The monoisotopic (exact) mass is 359 g/mol. The molecule has 0 aromatic heterocycles. The summed E-state index contributed by atoms with van der Waals surface area (Å²) < 4.78 is 14.7. The number of carbonyl (C=O) groups is 1. The minimum absolute atomic E-state index is 0.00267. The van der Waals surface area contributed by atoms with Gasteiger partial charge in [-0.1, -0.05) is 52.3 Å². The van der Waals surface area contributed by atoms with E-state index in [9.17, 15) is 9.18 Å². The van der Waals surface area contributed by atoms with Gasteiger partial charge in [-0.05, 0) is 30.2 Å². The van der Waals surface area contributed by atoms with Crippen molar-refractivity contribution >= 4 is 32.0 Å². The van der Waals surface area contributed by atoms with Gasteiger partial charge in [-0.25, -0.2) is 4.39 Å². The number of amides is 1. The van der Waals surface area contributed by atoms with Crippen LogP contribution >= 0.6 is 15.9 Å². The summed E-state index contributed by atoms with van der Waals surface area (Å²) in [6.45, 7) is 2.09. The Labute approximate surface area is 137 Å². The van der Waals surface area contributed by atoms with E-state index in [4.69, 9.17) is 0 Å². The van der Waals surface area contributed by atoms with Crippen molar-refractivity contribution in [3.63, 3.8) is 0 Å². The lowest BCUT2D eigenvalue weighted by molar-refractivity contribution is -0.117. The van der Waals surface area contributed by atoms with E-state index in [1.807, 2.05) is 36.4 Å². The zero-order valence-electron chi connectivity index (χ0n) is 12.1. The Hall–Kier alpha value is -1.94. The van der Waals surface area contributed by atoms with Crippen LogP contribution in [0.15, 0.2) is 48.5 Å². The lowest BCUT2D eigenvalue weighted by atomic mass is 10.1. The van der Waals surface area contributed by atoms with Crippen LogP contribution in [-0.2, 0) is 11.3 Å². The molecule has 3 rings (SSSR count). The molecular weight excluding hydrogens is 345 g/mol. The minimum atomic E-state index is -0.243. The highest BCUT2D eigenvalue weighted by Gasteiger charge is 2.22. The molecule has 0 saturated heterocycles. The first kappa shape index (κ1) is 15.0. The molecule has 0 unspecified atom stereocenters. The van der Waals surface area contributed by atoms with Gasteiger partial charge in [0.05, 0.1) is 12.2 Å². The maximum absolute atomic E-state index is 13.7. The molecule has 1 amide bonds. The van der Waals surface area contributed by atoms with Gasteiger partial charge in [-0.2, -0.15) is 0 Å². The van der Waals surface area contributed by atoms with E-state index in [2.05, 4.69) is 15.9 Å². The Balaban J connectivity index is 2.00. The van der Waals surface area contributed by atoms with Crippen molar-refractivity contribution in [3.05, 3.63) is 71.0 Å². The van der Waals surface area contributed by atoms with Gasteiger partial charge in [0.25, 0.3) is 0 Å². The van der Waals surface area contributed by atoms with Crippen LogP contribution in [0.4, 0.5) is 10.1 Å². The Morgan fingerprint density at radius 2 is 2.00 bits per heavy atom. The van der Waals surface area contributed by atoms with Gasteiger partial charge in [-0.3, -0.25) is 4.79 Å². The molecule has 0 radical (unpaired) electrons. The van der Waals surface area contributed by atoms with Crippen LogP contribution in [-0.4, -0.2) is 5.91 Å². The van der Waals surface area contributed by atoms with E-state index in [1.54, 1.807) is 17.9 Å². The maximum atomic E-state index is 13.7. The van der Waals surface area contributed by atoms with Gasteiger partial charge in [0.15, 0.2) is 0 Å². The molecule has 1 heterocycles. The number of para-hydroxylation sites is 1. The molecule has 2 aromatic rings. The molecule has 22 heavy (non-hydrogen) atoms. The molecule has 0 atom stereocenters. The van der Waals surface area contributed by atoms with Crippen LogP contribution in [0.3, 0.4) is 0 Å².